The van der Waals surface area contributed by atoms with Gasteiger partial charge in [0.15, 0.2) is 6.10 Å². The number of hydrogen-bond donors (Lipinski definition) is 1. The third-order valence-corrected chi connectivity index (χ3v) is 1.98. The van der Waals surface area contributed by atoms with Gasteiger partial charge in [0.25, 0.3) is 0 Å². The van der Waals surface area contributed by atoms with Crippen molar-refractivity contribution in [1.82, 2.24) is 0 Å². The SMILES string of the molecule is CCO[C@@H](C(=O)O)[C@H]1CCOC1. The Morgan fingerprint density at radius 1 is 1.83 bits per heavy atom. The molecule has 2 atom stereocenters. The van der Waals surface area contributed by atoms with Crippen molar-refractivity contribution < 1.29 is 19.4 Å². The van der Waals surface area contributed by atoms with Gasteiger partial charge in [-0.2, -0.15) is 0 Å². The summed E-state index contributed by atoms with van der Waals surface area (Å²) < 4.78 is 10.2. The Hall–Kier alpha value is -0.610. The lowest BCUT2D eigenvalue weighted by Crippen LogP contribution is -2.32. The van der Waals surface area contributed by atoms with Gasteiger partial charge < -0.3 is 14.6 Å². The standard InChI is InChI=1S/C8H14O4/c1-2-12-7(8(9)10)6-3-4-11-5-6/h6-7H,2-5H2,1H3,(H,9,10)/t6-,7+/m0/s1. The molecular weight excluding hydrogens is 160 g/mol. The van der Waals surface area contributed by atoms with Crippen molar-refractivity contribution in [3.05, 3.63) is 0 Å². The molecule has 1 aliphatic heterocycles. The maximum Gasteiger partial charge on any atom is 0.333 e. The molecule has 0 aliphatic carbocycles. The van der Waals surface area contributed by atoms with Crippen LogP contribution in [0.3, 0.4) is 0 Å². The molecule has 0 spiro atoms. The molecule has 1 fully saturated rings. The molecule has 4 nitrogen and oxygen atoms in total. The lowest BCUT2D eigenvalue weighted by atomic mass is 10.0. The molecular formula is C8H14O4. The summed E-state index contributed by atoms with van der Waals surface area (Å²) >= 11 is 0. The Balaban J connectivity index is 2.45. The number of rotatable bonds is 4. The van der Waals surface area contributed by atoms with Crippen molar-refractivity contribution in [2.24, 2.45) is 5.92 Å². The summed E-state index contributed by atoms with van der Waals surface area (Å²) in [6, 6.07) is 0. The topological polar surface area (TPSA) is 55.8 Å². The van der Waals surface area contributed by atoms with E-state index in [0.29, 0.717) is 19.8 Å². The Bertz CT molecular complexity index is 151. The van der Waals surface area contributed by atoms with E-state index in [-0.39, 0.29) is 5.92 Å². The van der Waals surface area contributed by atoms with Crippen molar-refractivity contribution in [2.45, 2.75) is 19.4 Å². The van der Waals surface area contributed by atoms with Gasteiger partial charge >= 0.3 is 5.97 Å². The van der Waals surface area contributed by atoms with Crippen molar-refractivity contribution in [3.8, 4) is 0 Å². The second kappa shape index (κ2) is 4.42. The molecule has 1 N–H and O–H groups in total. The number of carboxylic acids is 1. The molecule has 70 valence electrons. The summed E-state index contributed by atoms with van der Waals surface area (Å²) in [5.41, 5.74) is 0. The van der Waals surface area contributed by atoms with E-state index in [0.717, 1.165) is 6.42 Å². The lowest BCUT2D eigenvalue weighted by Gasteiger charge is -2.17. The first-order chi connectivity index (χ1) is 5.75. The smallest absolute Gasteiger partial charge is 0.333 e. The predicted octanol–water partition coefficient (Wildman–Crippen LogP) is 0.513. The molecule has 1 aliphatic rings. The van der Waals surface area contributed by atoms with E-state index in [4.69, 9.17) is 14.6 Å². The first-order valence-electron chi connectivity index (χ1n) is 4.18. The predicted molar refractivity (Wildman–Crippen MR) is 42.0 cm³/mol. The van der Waals surface area contributed by atoms with Crippen LogP contribution in [-0.2, 0) is 14.3 Å². The zero-order chi connectivity index (χ0) is 8.97. The summed E-state index contributed by atoms with van der Waals surface area (Å²) in [5, 5.41) is 8.78. The third kappa shape index (κ3) is 2.19. The van der Waals surface area contributed by atoms with Crippen LogP contribution in [-0.4, -0.2) is 37.0 Å². The summed E-state index contributed by atoms with van der Waals surface area (Å²) in [4.78, 5) is 10.7. The highest BCUT2D eigenvalue weighted by Gasteiger charge is 2.31. The quantitative estimate of drug-likeness (QED) is 0.674. The second-order valence-electron chi connectivity index (χ2n) is 2.84. The molecule has 0 amide bonds. The van der Waals surface area contributed by atoms with Crippen LogP contribution < -0.4 is 0 Å². The van der Waals surface area contributed by atoms with E-state index in [1.807, 2.05) is 0 Å². The highest BCUT2D eigenvalue weighted by molar-refractivity contribution is 5.72. The zero-order valence-corrected chi connectivity index (χ0v) is 7.16. The molecule has 0 aromatic heterocycles. The monoisotopic (exact) mass is 174 g/mol. The first kappa shape index (κ1) is 9.48. The van der Waals surface area contributed by atoms with Gasteiger partial charge in [-0.25, -0.2) is 4.79 Å². The van der Waals surface area contributed by atoms with Crippen molar-refractivity contribution in [2.75, 3.05) is 19.8 Å². The average Bonchev–Trinajstić information content (AvgIpc) is 2.51. The van der Waals surface area contributed by atoms with Crippen LogP contribution in [0.4, 0.5) is 0 Å². The number of carboxylic acid groups (broad SMARTS) is 1. The van der Waals surface area contributed by atoms with E-state index in [1.165, 1.54) is 0 Å². The van der Waals surface area contributed by atoms with Gasteiger partial charge in [0.1, 0.15) is 0 Å². The van der Waals surface area contributed by atoms with Crippen LogP contribution in [0.1, 0.15) is 13.3 Å². The van der Waals surface area contributed by atoms with Gasteiger partial charge in [-0.05, 0) is 13.3 Å². The molecule has 1 saturated heterocycles. The molecule has 0 saturated carbocycles. The van der Waals surface area contributed by atoms with Crippen LogP contribution >= 0.6 is 0 Å². The Morgan fingerprint density at radius 3 is 3.00 bits per heavy atom. The molecule has 4 heteroatoms. The van der Waals surface area contributed by atoms with Crippen molar-refractivity contribution in [1.29, 1.82) is 0 Å². The fraction of sp³-hybridized carbons (Fsp3) is 0.875. The first-order valence-corrected chi connectivity index (χ1v) is 4.18. The normalized spacial score (nSPS) is 25.6. The summed E-state index contributed by atoms with van der Waals surface area (Å²) in [6.07, 6.45) is 0.106. The second-order valence-corrected chi connectivity index (χ2v) is 2.84. The van der Waals surface area contributed by atoms with Gasteiger partial charge in [0.05, 0.1) is 6.61 Å². The summed E-state index contributed by atoms with van der Waals surface area (Å²) in [6.45, 7) is 3.40. The van der Waals surface area contributed by atoms with Crippen molar-refractivity contribution in [3.63, 3.8) is 0 Å². The van der Waals surface area contributed by atoms with Gasteiger partial charge in [-0.1, -0.05) is 0 Å². The zero-order valence-electron chi connectivity index (χ0n) is 7.16. The van der Waals surface area contributed by atoms with E-state index in [2.05, 4.69) is 0 Å². The lowest BCUT2D eigenvalue weighted by molar-refractivity contribution is -0.154. The molecule has 1 rings (SSSR count). The Morgan fingerprint density at radius 2 is 2.58 bits per heavy atom. The largest absolute Gasteiger partial charge is 0.479 e. The van der Waals surface area contributed by atoms with E-state index in [1.54, 1.807) is 6.92 Å². The van der Waals surface area contributed by atoms with E-state index in [9.17, 15) is 4.79 Å². The molecule has 0 radical (unpaired) electrons. The number of hydrogen-bond acceptors (Lipinski definition) is 3. The number of aliphatic carboxylic acids is 1. The van der Waals surface area contributed by atoms with Gasteiger partial charge in [-0.15, -0.1) is 0 Å². The van der Waals surface area contributed by atoms with E-state index < -0.39 is 12.1 Å². The number of ether oxygens (including phenoxy) is 2. The molecule has 0 bridgehead atoms. The molecule has 12 heavy (non-hydrogen) atoms. The fourth-order valence-corrected chi connectivity index (χ4v) is 1.38. The van der Waals surface area contributed by atoms with Crippen LogP contribution in [0.5, 0.6) is 0 Å². The van der Waals surface area contributed by atoms with Crippen LogP contribution in [0.25, 0.3) is 0 Å². The Kier molecular flexibility index (Phi) is 3.49. The van der Waals surface area contributed by atoms with Crippen LogP contribution in [0.15, 0.2) is 0 Å². The van der Waals surface area contributed by atoms with Gasteiger partial charge in [0.2, 0.25) is 0 Å². The number of carbonyl (C=O) groups is 1. The van der Waals surface area contributed by atoms with Crippen molar-refractivity contribution >= 4 is 5.97 Å². The minimum absolute atomic E-state index is 0.0300. The molecule has 0 aromatic carbocycles. The Labute approximate surface area is 71.5 Å². The molecule has 0 unspecified atom stereocenters. The minimum atomic E-state index is -0.882. The van der Waals surface area contributed by atoms with Gasteiger partial charge in [-0.3, -0.25) is 0 Å². The molecule has 1 heterocycles. The highest BCUT2D eigenvalue weighted by Crippen LogP contribution is 2.19. The minimum Gasteiger partial charge on any atom is -0.479 e. The van der Waals surface area contributed by atoms with Gasteiger partial charge in [0, 0.05) is 19.1 Å². The van der Waals surface area contributed by atoms with E-state index >= 15 is 0 Å². The average molecular weight is 174 g/mol. The third-order valence-electron chi connectivity index (χ3n) is 1.98. The summed E-state index contributed by atoms with van der Waals surface area (Å²) in [7, 11) is 0. The molecule has 0 aromatic rings. The van der Waals surface area contributed by atoms with Crippen LogP contribution in [0.2, 0.25) is 0 Å². The summed E-state index contributed by atoms with van der Waals surface area (Å²) in [5.74, 6) is -0.852. The highest BCUT2D eigenvalue weighted by atomic mass is 16.5. The van der Waals surface area contributed by atoms with Crippen LogP contribution in [0, 0.1) is 5.92 Å². The maximum absolute atomic E-state index is 10.7. The maximum atomic E-state index is 10.7. The fourth-order valence-electron chi connectivity index (χ4n) is 1.38.